The van der Waals surface area contributed by atoms with Crippen molar-refractivity contribution < 1.29 is 9.90 Å². The molecule has 2 spiro atoms. The predicted molar refractivity (Wildman–Crippen MR) is 106 cm³/mol. The SMILES string of the molecule is CN=C(N)N1C=CC(CNC)C2(C1)C1CCC(C)C23CCC(C(=O)O)=C3C1. The number of carboxylic acid groups (broad SMARTS) is 1. The van der Waals surface area contributed by atoms with Gasteiger partial charge in [-0.2, -0.15) is 0 Å². The molecule has 2 fully saturated rings. The van der Waals surface area contributed by atoms with E-state index in [1.165, 1.54) is 18.4 Å². The molecule has 0 aromatic carbocycles. The second-order valence-corrected chi connectivity index (χ2v) is 8.87. The number of carbonyl (C=O) groups is 1. The van der Waals surface area contributed by atoms with Crippen LogP contribution in [0, 0.1) is 28.6 Å². The molecule has 6 nitrogen and oxygen atoms in total. The van der Waals surface area contributed by atoms with Gasteiger partial charge in [-0.05, 0) is 56.9 Å². The average Bonchev–Trinajstić information content (AvgIpc) is 3.10. The Morgan fingerprint density at radius 1 is 1.48 bits per heavy atom. The number of aliphatic imine (C=N–C) groups is 1. The molecule has 2 saturated carbocycles. The van der Waals surface area contributed by atoms with Crippen LogP contribution in [0.2, 0.25) is 0 Å². The third-order valence-electron chi connectivity index (χ3n) is 8.27. The number of hydrogen-bond acceptors (Lipinski definition) is 3. The van der Waals surface area contributed by atoms with Crippen molar-refractivity contribution in [1.82, 2.24) is 10.2 Å². The Labute approximate surface area is 161 Å². The molecule has 6 heteroatoms. The molecule has 4 aliphatic rings. The summed E-state index contributed by atoms with van der Waals surface area (Å²) in [6.07, 6.45) is 9.36. The van der Waals surface area contributed by atoms with E-state index in [1.807, 2.05) is 7.05 Å². The Morgan fingerprint density at radius 2 is 2.26 bits per heavy atom. The summed E-state index contributed by atoms with van der Waals surface area (Å²) in [6.45, 7) is 4.10. The van der Waals surface area contributed by atoms with Gasteiger partial charge in [-0.25, -0.2) is 4.79 Å². The fourth-order valence-electron chi connectivity index (χ4n) is 7.29. The molecule has 5 unspecified atom stereocenters. The quantitative estimate of drug-likeness (QED) is 0.522. The minimum Gasteiger partial charge on any atom is -0.478 e. The Balaban J connectivity index is 1.91. The minimum absolute atomic E-state index is 0.0181. The second kappa shape index (κ2) is 6.36. The third-order valence-corrected chi connectivity index (χ3v) is 8.27. The molecular weight excluding hydrogens is 340 g/mol. The predicted octanol–water partition coefficient (Wildman–Crippen LogP) is 2.19. The Bertz CT molecular complexity index is 742. The van der Waals surface area contributed by atoms with Gasteiger partial charge in [-0.3, -0.25) is 4.99 Å². The number of carboxylic acids is 1. The molecule has 3 aliphatic carbocycles. The van der Waals surface area contributed by atoms with Gasteiger partial charge < -0.3 is 21.1 Å². The maximum Gasteiger partial charge on any atom is 0.331 e. The van der Waals surface area contributed by atoms with Crippen LogP contribution in [0.3, 0.4) is 0 Å². The average molecular weight is 373 g/mol. The van der Waals surface area contributed by atoms with Gasteiger partial charge in [0.2, 0.25) is 0 Å². The van der Waals surface area contributed by atoms with E-state index in [0.29, 0.717) is 35.7 Å². The molecule has 4 rings (SSSR count). The highest BCUT2D eigenvalue weighted by Crippen LogP contribution is 2.75. The summed E-state index contributed by atoms with van der Waals surface area (Å²) in [5.74, 6) is 1.22. The van der Waals surface area contributed by atoms with E-state index < -0.39 is 5.97 Å². The van der Waals surface area contributed by atoms with E-state index in [4.69, 9.17) is 5.73 Å². The lowest BCUT2D eigenvalue weighted by Gasteiger charge is -2.60. The normalized spacial score (nSPS) is 40.8. The Kier molecular flexibility index (Phi) is 4.37. The molecule has 0 radical (unpaired) electrons. The zero-order valence-corrected chi connectivity index (χ0v) is 16.7. The molecule has 1 aliphatic heterocycles. The van der Waals surface area contributed by atoms with E-state index in [1.54, 1.807) is 7.05 Å². The van der Waals surface area contributed by atoms with Crippen molar-refractivity contribution in [2.24, 2.45) is 39.3 Å². The van der Waals surface area contributed by atoms with E-state index in [0.717, 1.165) is 25.9 Å². The highest BCUT2D eigenvalue weighted by atomic mass is 16.4. The van der Waals surface area contributed by atoms with Crippen LogP contribution in [0.25, 0.3) is 0 Å². The van der Waals surface area contributed by atoms with Gasteiger partial charge in [0.05, 0.1) is 0 Å². The van der Waals surface area contributed by atoms with Crippen LogP contribution >= 0.6 is 0 Å². The van der Waals surface area contributed by atoms with E-state index in [-0.39, 0.29) is 10.8 Å². The van der Waals surface area contributed by atoms with Crippen LogP contribution < -0.4 is 11.1 Å². The lowest BCUT2D eigenvalue weighted by molar-refractivity contribution is -0.132. The third kappa shape index (κ3) is 2.22. The molecule has 27 heavy (non-hydrogen) atoms. The molecule has 0 aromatic heterocycles. The van der Waals surface area contributed by atoms with Crippen molar-refractivity contribution in [2.75, 3.05) is 27.2 Å². The van der Waals surface area contributed by atoms with E-state index in [2.05, 4.69) is 34.4 Å². The van der Waals surface area contributed by atoms with Crippen molar-refractivity contribution >= 4 is 11.9 Å². The number of rotatable bonds is 3. The van der Waals surface area contributed by atoms with Gasteiger partial charge in [-0.1, -0.05) is 18.6 Å². The van der Waals surface area contributed by atoms with Gasteiger partial charge >= 0.3 is 5.97 Å². The molecule has 0 saturated heterocycles. The van der Waals surface area contributed by atoms with Crippen LogP contribution in [0.15, 0.2) is 28.4 Å². The molecule has 5 atom stereocenters. The van der Waals surface area contributed by atoms with Crippen molar-refractivity contribution in [3.8, 4) is 0 Å². The number of guanidine groups is 1. The summed E-state index contributed by atoms with van der Waals surface area (Å²) in [5.41, 5.74) is 8.17. The highest BCUT2D eigenvalue weighted by molar-refractivity contribution is 5.89. The number of allylic oxidation sites excluding steroid dienone is 1. The fourth-order valence-corrected chi connectivity index (χ4v) is 7.29. The number of nitrogens with two attached hydrogens (primary N) is 1. The number of nitrogens with zero attached hydrogens (tertiary/aromatic N) is 2. The summed E-state index contributed by atoms with van der Waals surface area (Å²) in [6, 6.07) is 0. The topological polar surface area (TPSA) is 91.0 Å². The van der Waals surface area contributed by atoms with Crippen molar-refractivity contribution in [3.63, 3.8) is 0 Å². The van der Waals surface area contributed by atoms with Crippen LogP contribution in [0.5, 0.6) is 0 Å². The number of nitrogens with one attached hydrogen (secondary N) is 1. The van der Waals surface area contributed by atoms with Gasteiger partial charge in [0.1, 0.15) is 0 Å². The smallest absolute Gasteiger partial charge is 0.331 e. The molecule has 2 bridgehead atoms. The highest BCUT2D eigenvalue weighted by Gasteiger charge is 2.71. The van der Waals surface area contributed by atoms with Crippen molar-refractivity contribution in [1.29, 1.82) is 0 Å². The van der Waals surface area contributed by atoms with Crippen LogP contribution in [0.4, 0.5) is 0 Å². The molecule has 148 valence electrons. The van der Waals surface area contributed by atoms with Crippen molar-refractivity contribution in [2.45, 2.75) is 39.0 Å². The minimum atomic E-state index is -0.709. The maximum atomic E-state index is 12.0. The van der Waals surface area contributed by atoms with Crippen molar-refractivity contribution in [3.05, 3.63) is 23.4 Å². The summed E-state index contributed by atoms with van der Waals surface area (Å²) in [5, 5.41) is 13.3. The first kappa shape index (κ1) is 18.5. The van der Waals surface area contributed by atoms with Gasteiger partial charge in [0.15, 0.2) is 5.96 Å². The molecule has 4 N–H and O–H groups in total. The van der Waals surface area contributed by atoms with Crippen LogP contribution in [-0.4, -0.2) is 49.1 Å². The second-order valence-electron chi connectivity index (χ2n) is 8.87. The molecular formula is C21H32N4O2. The first-order valence-corrected chi connectivity index (χ1v) is 10.2. The molecule has 0 amide bonds. The summed E-state index contributed by atoms with van der Waals surface area (Å²) >= 11 is 0. The van der Waals surface area contributed by atoms with Gasteiger partial charge in [0, 0.05) is 42.7 Å². The monoisotopic (exact) mass is 372 g/mol. The number of hydrogen-bond donors (Lipinski definition) is 3. The maximum absolute atomic E-state index is 12.0. The van der Waals surface area contributed by atoms with Crippen LogP contribution in [-0.2, 0) is 4.79 Å². The summed E-state index contributed by atoms with van der Waals surface area (Å²) < 4.78 is 0. The fraction of sp³-hybridized carbons (Fsp3) is 0.714. The standard InChI is InChI=1S/C21H32N4O2/c1-13-4-5-14-10-17-16(18(26)27)6-8-20(13,17)21(14)12-25(19(22)24-3)9-7-15(21)11-23-2/h7,9,13-15,23H,4-6,8,10-12H2,1-3H3,(H2,22,24)(H,26,27). The zero-order chi connectivity index (χ0) is 19.4. The van der Waals surface area contributed by atoms with Gasteiger partial charge in [-0.15, -0.1) is 0 Å². The van der Waals surface area contributed by atoms with E-state index >= 15 is 0 Å². The molecule has 1 heterocycles. The lowest BCUT2D eigenvalue weighted by Crippen LogP contribution is -2.61. The first-order valence-electron chi connectivity index (χ1n) is 10.2. The summed E-state index contributed by atoms with van der Waals surface area (Å²) in [4.78, 5) is 18.3. The Hall–Kier alpha value is -1.82. The summed E-state index contributed by atoms with van der Waals surface area (Å²) in [7, 11) is 3.74. The molecule has 0 aromatic rings. The van der Waals surface area contributed by atoms with Crippen LogP contribution in [0.1, 0.15) is 39.0 Å². The largest absolute Gasteiger partial charge is 0.478 e. The van der Waals surface area contributed by atoms with Gasteiger partial charge in [0.25, 0.3) is 0 Å². The lowest BCUT2D eigenvalue weighted by atomic mass is 9.46. The van der Waals surface area contributed by atoms with E-state index in [9.17, 15) is 9.90 Å². The first-order chi connectivity index (χ1) is 12.9. The zero-order valence-electron chi connectivity index (χ0n) is 16.7. The number of aliphatic carboxylic acids is 1. The Morgan fingerprint density at radius 3 is 2.93 bits per heavy atom.